The summed E-state index contributed by atoms with van der Waals surface area (Å²) in [5.41, 5.74) is 2.30. The largest absolute Gasteiger partial charge is 0.348 e. The van der Waals surface area contributed by atoms with Crippen molar-refractivity contribution in [1.82, 2.24) is 10.2 Å². The lowest BCUT2D eigenvalue weighted by Gasteiger charge is -2.35. The Bertz CT molecular complexity index is 832. The van der Waals surface area contributed by atoms with E-state index in [9.17, 15) is 14.4 Å². The van der Waals surface area contributed by atoms with Crippen LogP contribution in [0.3, 0.4) is 0 Å². The molecule has 3 saturated heterocycles. The van der Waals surface area contributed by atoms with Gasteiger partial charge in [0, 0.05) is 42.7 Å². The van der Waals surface area contributed by atoms with Gasteiger partial charge in [-0.3, -0.25) is 19.3 Å². The predicted molar refractivity (Wildman–Crippen MR) is 124 cm³/mol. The van der Waals surface area contributed by atoms with Crippen LogP contribution in [0.5, 0.6) is 0 Å². The molecular weight excluding hydrogens is 412 g/mol. The molecule has 0 unspecified atom stereocenters. The molecule has 1 aromatic carbocycles. The van der Waals surface area contributed by atoms with Gasteiger partial charge in [-0.1, -0.05) is 6.07 Å². The van der Waals surface area contributed by atoms with Gasteiger partial charge >= 0.3 is 11.8 Å². The fourth-order valence-corrected chi connectivity index (χ4v) is 5.97. The lowest BCUT2D eigenvalue weighted by Crippen LogP contribution is -2.45. The van der Waals surface area contributed by atoms with E-state index in [0.29, 0.717) is 31.1 Å². The number of nitrogens with zero attached hydrogens (tertiary/aromatic N) is 2. The van der Waals surface area contributed by atoms with Crippen LogP contribution in [0.1, 0.15) is 37.7 Å². The third kappa shape index (κ3) is 5.41. The summed E-state index contributed by atoms with van der Waals surface area (Å²) in [4.78, 5) is 41.1. The van der Waals surface area contributed by atoms with Gasteiger partial charge in [0.25, 0.3) is 0 Å². The Morgan fingerprint density at radius 1 is 1.13 bits per heavy atom. The third-order valence-corrected chi connectivity index (χ3v) is 7.80. The zero-order chi connectivity index (χ0) is 21.8. The lowest BCUT2D eigenvalue weighted by molar-refractivity contribution is -0.136. The van der Waals surface area contributed by atoms with Crippen molar-refractivity contribution in [3.8, 4) is 0 Å². The van der Waals surface area contributed by atoms with Crippen LogP contribution in [0.4, 0.5) is 11.4 Å². The van der Waals surface area contributed by atoms with Crippen LogP contribution < -0.4 is 15.5 Å². The number of benzene rings is 1. The molecule has 2 N–H and O–H groups in total. The van der Waals surface area contributed by atoms with E-state index in [4.69, 9.17) is 0 Å². The van der Waals surface area contributed by atoms with E-state index >= 15 is 0 Å². The van der Waals surface area contributed by atoms with Crippen molar-refractivity contribution in [2.24, 2.45) is 5.92 Å². The smallest absolute Gasteiger partial charge is 0.313 e. The van der Waals surface area contributed by atoms with Crippen molar-refractivity contribution in [1.29, 1.82) is 0 Å². The van der Waals surface area contributed by atoms with Crippen LogP contribution in [0.25, 0.3) is 0 Å². The van der Waals surface area contributed by atoms with Crippen LogP contribution >= 0.6 is 11.8 Å². The van der Waals surface area contributed by atoms with Gasteiger partial charge in [0.1, 0.15) is 0 Å². The minimum Gasteiger partial charge on any atom is -0.348 e. The molecule has 4 rings (SSSR count). The number of anilines is 2. The molecular formula is C23H32N4O3S. The number of likely N-dealkylation sites (tertiary alicyclic amines) is 1. The summed E-state index contributed by atoms with van der Waals surface area (Å²) in [6, 6.07) is 6.13. The Morgan fingerprint density at radius 2 is 1.94 bits per heavy atom. The standard InChI is InChI=1S/C23H32N4O3S/c1-16-4-5-18(13-20(16)27-9-2-3-21(27)28)25-23(30)22(29)24-14-17-6-10-26(11-7-17)19-8-12-31-15-19/h4-5,13,17,19H,2-3,6-12,14-15H2,1H3,(H,24,29)(H,25,30)/t19-/m1/s1. The first kappa shape index (κ1) is 22.1. The number of rotatable bonds is 5. The second-order valence-corrected chi connectivity index (χ2v) is 9.96. The van der Waals surface area contributed by atoms with Crippen molar-refractivity contribution < 1.29 is 14.4 Å². The number of thioether (sulfide) groups is 1. The second kappa shape index (κ2) is 10.0. The van der Waals surface area contributed by atoms with Crippen molar-refractivity contribution in [3.63, 3.8) is 0 Å². The van der Waals surface area contributed by atoms with E-state index in [1.54, 1.807) is 17.0 Å². The fraction of sp³-hybridized carbons (Fsp3) is 0.609. The van der Waals surface area contributed by atoms with Gasteiger partial charge in [-0.25, -0.2) is 0 Å². The van der Waals surface area contributed by atoms with Gasteiger partial charge in [-0.2, -0.15) is 11.8 Å². The van der Waals surface area contributed by atoms with Crippen LogP contribution in [0.2, 0.25) is 0 Å². The first-order chi connectivity index (χ1) is 15.0. The van der Waals surface area contributed by atoms with Crippen molar-refractivity contribution in [3.05, 3.63) is 23.8 Å². The number of hydrogen-bond acceptors (Lipinski definition) is 5. The number of hydrogen-bond donors (Lipinski definition) is 2. The number of aryl methyl sites for hydroxylation is 1. The lowest BCUT2D eigenvalue weighted by atomic mass is 9.95. The Labute approximate surface area is 188 Å². The highest BCUT2D eigenvalue weighted by atomic mass is 32.2. The molecule has 31 heavy (non-hydrogen) atoms. The van der Waals surface area contributed by atoms with E-state index < -0.39 is 11.8 Å². The summed E-state index contributed by atoms with van der Waals surface area (Å²) in [6.07, 6.45) is 4.81. The van der Waals surface area contributed by atoms with Gasteiger partial charge in [-0.05, 0) is 75.1 Å². The monoisotopic (exact) mass is 444 g/mol. The number of carbonyl (C=O) groups excluding carboxylic acids is 3. The van der Waals surface area contributed by atoms with Crippen LogP contribution in [0, 0.1) is 12.8 Å². The zero-order valence-corrected chi connectivity index (χ0v) is 19.0. The summed E-state index contributed by atoms with van der Waals surface area (Å²) in [5.74, 6) is 1.77. The first-order valence-electron chi connectivity index (χ1n) is 11.3. The summed E-state index contributed by atoms with van der Waals surface area (Å²) in [5, 5.41) is 5.49. The van der Waals surface area contributed by atoms with Crippen molar-refractivity contribution in [2.75, 3.05) is 47.9 Å². The van der Waals surface area contributed by atoms with E-state index in [1.165, 1.54) is 17.9 Å². The Morgan fingerprint density at radius 3 is 2.61 bits per heavy atom. The first-order valence-corrected chi connectivity index (χ1v) is 12.5. The van der Waals surface area contributed by atoms with Gasteiger partial charge in [-0.15, -0.1) is 0 Å². The summed E-state index contributed by atoms with van der Waals surface area (Å²) >= 11 is 2.04. The summed E-state index contributed by atoms with van der Waals surface area (Å²) in [6.45, 7) is 5.34. The number of carbonyl (C=O) groups is 3. The molecule has 0 aromatic heterocycles. The minimum atomic E-state index is -0.664. The Hall–Kier alpha value is -2.06. The average Bonchev–Trinajstić information content (AvgIpc) is 3.46. The molecule has 7 nitrogen and oxygen atoms in total. The highest BCUT2D eigenvalue weighted by molar-refractivity contribution is 7.99. The fourth-order valence-electron chi connectivity index (χ4n) is 4.72. The maximum atomic E-state index is 12.4. The van der Waals surface area contributed by atoms with E-state index in [0.717, 1.165) is 49.6 Å². The van der Waals surface area contributed by atoms with Gasteiger partial charge in [0.2, 0.25) is 5.91 Å². The molecule has 0 aliphatic carbocycles. The van der Waals surface area contributed by atoms with E-state index in [2.05, 4.69) is 15.5 Å². The molecule has 1 aromatic rings. The second-order valence-electron chi connectivity index (χ2n) is 8.81. The highest BCUT2D eigenvalue weighted by Crippen LogP contribution is 2.28. The normalized spacial score (nSPS) is 22.7. The topological polar surface area (TPSA) is 81.8 Å². The highest BCUT2D eigenvalue weighted by Gasteiger charge is 2.28. The number of piperidine rings is 1. The van der Waals surface area contributed by atoms with E-state index in [1.807, 2.05) is 24.8 Å². The van der Waals surface area contributed by atoms with Crippen LogP contribution in [0.15, 0.2) is 18.2 Å². The average molecular weight is 445 g/mol. The van der Waals surface area contributed by atoms with Gasteiger partial charge in [0.05, 0.1) is 0 Å². The maximum Gasteiger partial charge on any atom is 0.313 e. The zero-order valence-electron chi connectivity index (χ0n) is 18.2. The molecule has 168 valence electrons. The number of amides is 3. The summed E-state index contributed by atoms with van der Waals surface area (Å²) < 4.78 is 0. The summed E-state index contributed by atoms with van der Waals surface area (Å²) in [7, 11) is 0. The Kier molecular flexibility index (Phi) is 7.17. The molecule has 3 fully saturated rings. The minimum absolute atomic E-state index is 0.0991. The molecule has 8 heteroatoms. The third-order valence-electron chi connectivity index (χ3n) is 6.66. The molecule has 1 atom stereocenters. The molecule has 0 spiro atoms. The van der Waals surface area contributed by atoms with Crippen LogP contribution in [-0.4, -0.2) is 66.3 Å². The van der Waals surface area contributed by atoms with Crippen molar-refractivity contribution >= 4 is 40.9 Å². The molecule has 0 radical (unpaired) electrons. The SMILES string of the molecule is Cc1ccc(NC(=O)C(=O)NCC2CCN([C@@H]3CCSC3)CC2)cc1N1CCCC1=O. The maximum absolute atomic E-state index is 12.4. The molecule has 3 aliphatic rings. The van der Waals surface area contributed by atoms with Gasteiger partial charge < -0.3 is 15.5 Å². The molecule has 0 saturated carbocycles. The molecule has 3 amide bonds. The van der Waals surface area contributed by atoms with Crippen LogP contribution in [-0.2, 0) is 14.4 Å². The predicted octanol–water partition coefficient (Wildman–Crippen LogP) is 2.39. The van der Waals surface area contributed by atoms with Gasteiger partial charge in [0.15, 0.2) is 0 Å². The van der Waals surface area contributed by atoms with Crippen molar-refractivity contribution in [2.45, 2.75) is 45.1 Å². The quantitative estimate of drug-likeness (QED) is 0.682. The Balaban J connectivity index is 1.24. The van der Waals surface area contributed by atoms with E-state index in [-0.39, 0.29) is 5.91 Å². The number of nitrogens with one attached hydrogen (secondary N) is 2. The molecule has 0 bridgehead atoms. The molecule has 3 heterocycles. The molecule has 3 aliphatic heterocycles.